The lowest BCUT2D eigenvalue weighted by Gasteiger charge is -2.27. The molecule has 2 heterocycles. The molecule has 1 aliphatic heterocycles. The zero-order valence-corrected chi connectivity index (χ0v) is 23.6. The second kappa shape index (κ2) is 14.3. The van der Waals surface area contributed by atoms with Gasteiger partial charge in [-0.2, -0.15) is 13.2 Å². The third-order valence-corrected chi connectivity index (χ3v) is 6.21. The highest BCUT2D eigenvalue weighted by atomic mass is 19.4. The van der Waals surface area contributed by atoms with Gasteiger partial charge in [0.25, 0.3) is 0 Å². The second-order valence-corrected chi connectivity index (χ2v) is 9.14. The van der Waals surface area contributed by atoms with Gasteiger partial charge in [-0.25, -0.2) is 0 Å². The van der Waals surface area contributed by atoms with Gasteiger partial charge in [-0.05, 0) is 74.6 Å². The maximum absolute atomic E-state index is 12.5. The minimum Gasteiger partial charge on any atom is -0.344 e. The Morgan fingerprint density at radius 2 is 1.74 bits per heavy atom. The summed E-state index contributed by atoms with van der Waals surface area (Å²) < 4.78 is 37.6. The summed E-state index contributed by atoms with van der Waals surface area (Å²) in [7, 11) is 0. The van der Waals surface area contributed by atoms with Crippen molar-refractivity contribution in [2.24, 2.45) is 4.99 Å². The van der Waals surface area contributed by atoms with Crippen LogP contribution in [0.1, 0.15) is 62.9 Å². The van der Waals surface area contributed by atoms with Gasteiger partial charge in [0.2, 0.25) is 0 Å². The molecule has 0 fully saturated rings. The van der Waals surface area contributed by atoms with Crippen molar-refractivity contribution in [2.45, 2.75) is 60.2 Å². The van der Waals surface area contributed by atoms with E-state index in [9.17, 15) is 13.2 Å². The van der Waals surface area contributed by atoms with Gasteiger partial charge in [0.1, 0.15) is 0 Å². The summed E-state index contributed by atoms with van der Waals surface area (Å²) in [5, 5.41) is 0. The van der Waals surface area contributed by atoms with E-state index in [4.69, 9.17) is 0 Å². The van der Waals surface area contributed by atoms with Gasteiger partial charge in [-0.3, -0.25) is 9.98 Å². The molecule has 39 heavy (non-hydrogen) atoms. The zero-order chi connectivity index (χ0) is 29.2. The Balaban J connectivity index is 0.000000277. The average molecular weight is 534 g/mol. The molecule has 0 atom stereocenters. The topological polar surface area (TPSA) is 28.5 Å². The maximum Gasteiger partial charge on any atom is 0.416 e. The minimum atomic E-state index is -4.30. The van der Waals surface area contributed by atoms with Crippen molar-refractivity contribution >= 4 is 11.3 Å². The van der Waals surface area contributed by atoms with E-state index in [0.717, 1.165) is 75.6 Å². The Labute approximate surface area is 231 Å². The van der Waals surface area contributed by atoms with Crippen molar-refractivity contribution in [1.29, 1.82) is 0 Å². The summed E-state index contributed by atoms with van der Waals surface area (Å²) in [6.45, 7) is 22.5. The summed E-state index contributed by atoms with van der Waals surface area (Å²) in [4.78, 5) is 10.9. The first-order valence-electron chi connectivity index (χ1n) is 12.9. The fourth-order valence-electron chi connectivity index (χ4n) is 3.96. The third-order valence-electron chi connectivity index (χ3n) is 6.21. The van der Waals surface area contributed by atoms with Crippen LogP contribution in [0.2, 0.25) is 0 Å². The molecular weight excluding hydrogens is 495 g/mol. The molecule has 1 aliphatic rings. The van der Waals surface area contributed by atoms with E-state index in [2.05, 4.69) is 55.7 Å². The molecule has 1 aromatic heterocycles. The third kappa shape index (κ3) is 8.81. The summed E-state index contributed by atoms with van der Waals surface area (Å²) in [6.07, 6.45) is 7.06. The number of halogens is 3. The maximum atomic E-state index is 12.5. The molecule has 0 bridgehead atoms. The lowest BCUT2D eigenvalue weighted by atomic mass is 9.98. The van der Waals surface area contributed by atoms with Crippen LogP contribution in [-0.2, 0) is 12.7 Å². The normalized spacial score (nSPS) is 14.0. The first kappa shape index (κ1) is 31.3. The van der Waals surface area contributed by atoms with Crippen LogP contribution in [0.5, 0.6) is 0 Å². The monoisotopic (exact) mass is 533 g/mol. The van der Waals surface area contributed by atoms with Gasteiger partial charge >= 0.3 is 6.18 Å². The molecular formula is C33H38F3N3. The van der Waals surface area contributed by atoms with Crippen molar-refractivity contribution in [1.82, 2.24) is 9.88 Å². The molecule has 0 unspecified atom stereocenters. The van der Waals surface area contributed by atoms with Crippen LogP contribution in [0.3, 0.4) is 0 Å². The molecule has 0 spiro atoms. The van der Waals surface area contributed by atoms with Crippen molar-refractivity contribution in [3.63, 3.8) is 0 Å². The van der Waals surface area contributed by atoms with Crippen LogP contribution in [0.4, 0.5) is 13.2 Å². The number of pyridine rings is 1. The Morgan fingerprint density at radius 3 is 2.26 bits per heavy atom. The van der Waals surface area contributed by atoms with E-state index in [1.165, 1.54) is 12.1 Å². The number of alkyl halides is 3. The Kier molecular flexibility index (Phi) is 11.5. The van der Waals surface area contributed by atoms with Crippen LogP contribution in [0, 0.1) is 6.92 Å². The molecule has 0 aliphatic carbocycles. The predicted molar refractivity (Wildman–Crippen MR) is 158 cm³/mol. The number of hydrogen-bond donors (Lipinski definition) is 0. The number of aliphatic imine (C=N–C) groups is 1. The van der Waals surface area contributed by atoms with Crippen molar-refractivity contribution in [3.05, 3.63) is 132 Å². The lowest BCUT2D eigenvalue weighted by Crippen LogP contribution is -2.19. The van der Waals surface area contributed by atoms with Gasteiger partial charge in [-0.15, -0.1) is 0 Å². The molecule has 3 nitrogen and oxygen atoms in total. The zero-order valence-electron chi connectivity index (χ0n) is 23.6. The van der Waals surface area contributed by atoms with Crippen LogP contribution >= 0.6 is 0 Å². The number of aromatic nitrogens is 1. The van der Waals surface area contributed by atoms with Crippen LogP contribution in [0.15, 0.2) is 114 Å². The van der Waals surface area contributed by atoms with Gasteiger partial charge in [0, 0.05) is 52.9 Å². The predicted octanol–water partition coefficient (Wildman–Crippen LogP) is 9.62. The summed E-state index contributed by atoms with van der Waals surface area (Å²) in [5.41, 5.74) is 8.17. The van der Waals surface area contributed by atoms with Crippen molar-refractivity contribution in [2.75, 3.05) is 0 Å². The fraction of sp³-hybridized carbons (Fsp3) is 0.273. The van der Waals surface area contributed by atoms with Crippen LogP contribution in [0.25, 0.3) is 5.57 Å². The SMILES string of the molecule is C=C(C)C1=CC=CN(Cc2ccc(C(F)(F)F)cc2)C1=C.C=C(CC)N=C(CC)/C(=C/C)c1cccnc1C. The molecule has 0 N–H and O–H groups in total. The van der Waals surface area contributed by atoms with E-state index < -0.39 is 11.7 Å². The number of aryl methyl sites for hydroxylation is 1. The van der Waals surface area contributed by atoms with Gasteiger partial charge in [0.05, 0.1) is 5.56 Å². The average Bonchev–Trinajstić information content (AvgIpc) is 2.90. The highest BCUT2D eigenvalue weighted by Crippen LogP contribution is 2.30. The quantitative estimate of drug-likeness (QED) is 0.316. The summed E-state index contributed by atoms with van der Waals surface area (Å²) >= 11 is 0. The van der Waals surface area contributed by atoms with E-state index in [0.29, 0.717) is 6.54 Å². The number of hydrogen-bond acceptors (Lipinski definition) is 3. The first-order chi connectivity index (χ1) is 18.4. The largest absolute Gasteiger partial charge is 0.416 e. The van der Waals surface area contributed by atoms with Gasteiger partial charge in [-0.1, -0.05) is 63.9 Å². The Hall–Kier alpha value is -3.93. The lowest BCUT2D eigenvalue weighted by molar-refractivity contribution is -0.137. The highest BCUT2D eigenvalue weighted by molar-refractivity contribution is 6.24. The van der Waals surface area contributed by atoms with E-state index in [1.54, 1.807) is 0 Å². The molecule has 2 aromatic rings. The molecule has 1 aromatic carbocycles. The van der Waals surface area contributed by atoms with Crippen LogP contribution < -0.4 is 0 Å². The molecule has 206 valence electrons. The molecule has 6 heteroatoms. The van der Waals surface area contributed by atoms with Crippen LogP contribution in [-0.4, -0.2) is 15.6 Å². The Bertz CT molecular complexity index is 1310. The minimum absolute atomic E-state index is 0.470. The first-order valence-corrected chi connectivity index (χ1v) is 12.9. The molecule has 0 amide bonds. The standard InChI is InChI=1S/C17H16F3N.C16H22N2/c1-12(2)16-5-4-10-21(13(16)3)11-14-6-8-15(9-7-14)17(18,19)20;1-6-12(4)18-16(8-3)14(7-2)15-10-9-11-17-13(15)5/h4-10H,1,3,11H2,2H3;7,9-11H,4,6,8H2,1-3,5H3/b;14-7+,18-16?. The fourth-order valence-corrected chi connectivity index (χ4v) is 3.96. The van der Waals surface area contributed by atoms with E-state index >= 15 is 0 Å². The molecule has 0 saturated heterocycles. The highest BCUT2D eigenvalue weighted by Gasteiger charge is 2.30. The van der Waals surface area contributed by atoms with Gasteiger partial charge in [0.15, 0.2) is 0 Å². The molecule has 0 saturated carbocycles. The van der Waals surface area contributed by atoms with Crippen molar-refractivity contribution < 1.29 is 13.2 Å². The molecule has 0 radical (unpaired) electrons. The molecule has 3 rings (SSSR count). The Morgan fingerprint density at radius 1 is 1.08 bits per heavy atom. The number of benzene rings is 1. The van der Waals surface area contributed by atoms with Gasteiger partial charge < -0.3 is 4.90 Å². The summed E-state index contributed by atoms with van der Waals surface area (Å²) in [6, 6.07) is 9.24. The second-order valence-electron chi connectivity index (χ2n) is 9.14. The number of allylic oxidation sites excluding steroid dienone is 6. The number of rotatable bonds is 8. The summed E-state index contributed by atoms with van der Waals surface area (Å²) in [5.74, 6) is 0. The van der Waals surface area contributed by atoms with E-state index in [-0.39, 0.29) is 0 Å². The number of nitrogens with zero attached hydrogens (tertiary/aromatic N) is 3. The smallest absolute Gasteiger partial charge is 0.344 e. The van der Waals surface area contributed by atoms with Crippen molar-refractivity contribution in [3.8, 4) is 0 Å². The van der Waals surface area contributed by atoms with E-state index in [1.807, 2.05) is 56.3 Å².